The van der Waals surface area contributed by atoms with Crippen LogP contribution in [0.1, 0.15) is 21.6 Å². The van der Waals surface area contributed by atoms with Crippen molar-refractivity contribution >= 4 is 5.97 Å². The average molecular weight is 333 g/mol. The Morgan fingerprint density at radius 2 is 1.64 bits per heavy atom. The van der Waals surface area contributed by atoms with Gasteiger partial charge in [-0.1, -0.05) is 35.9 Å². The molecule has 4 heteroatoms. The van der Waals surface area contributed by atoms with Gasteiger partial charge in [-0.25, -0.2) is 9.78 Å². The van der Waals surface area contributed by atoms with E-state index in [0.29, 0.717) is 0 Å². The van der Waals surface area contributed by atoms with E-state index in [1.807, 2.05) is 25.1 Å². The fourth-order valence-electron chi connectivity index (χ4n) is 2.81. The number of carboxylic acid groups (broad SMARTS) is 1. The molecule has 1 heterocycles. The van der Waals surface area contributed by atoms with Gasteiger partial charge in [-0.15, -0.1) is 0 Å². The van der Waals surface area contributed by atoms with Gasteiger partial charge in [-0.3, -0.25) is 0 Å². The molecule has 1 aromatic heterocycles. The number of pyridine rings is 1. The topological polar surface area (TPSA) is 59.4 Å². The van der Waals surface area contributed by atoms with E-state index in [4.69, 9.17) is 9.84 Å². The maximum atomic E-state index is 11.1. The Bertz CT molecular complexity index is 930. The van der Waals surface area contributed by atoms with E-state index in [0.717, 1.165) is 33.6 Å². The number of aromatic carboxylic acids is 1. The van der Waals surface area contributed by atoms with Gasteiger partial charge in [-0.2, -0.15) is 0 Å². The van der Waals surface area contributed by atoms with Crippen molar-refractivity contribution in [1.82, 2.24) is 4.98 Å². The Morgan fingerprint density at radius 3 is 2.24 bits per heavy atom. The first-order chi connectivity index (χ1) is 12.0. The molecular weight excluding hydrogens is 314 g/mol. The lowest BCUT2D eigenvalue weighted by Crippen LogP contribution is -2.01. The van der Waals surface area contributed by atoms with E-state index in [9.17, 15) is 4.79 Å². The van der Waals surface area contributed by atoms with Crippen molar-refractivity contribution < 1.29 is 14.6 Å². The summed E-state index contributed by atoms with van der Waals surface area (Å²) in [4.78, 5) is 15.1. The highest BCUT2D eigenvalue weighted by atomic mass is 16.5. The van der Waals surface area contributed by atoms with Crippen molar-refractivity contribution in [3.63, 3.8) is 0 Å². The van der Waals surface area contributed by atoms with Crippen LogP contribution < -0.4 is 4.74 Å². The van der Waals surface area contributed by atoms with Gasteiger partial charge < -0.3 is 9.84 Å². The van der Waals surface area contributed by atoms with Crippen LogP contribution >= 0.6 is 0 Å². The van der Waals surface area contributed by atoms with Crippen LogP contribution in [0.15, 0.2) is 54.7 Å². The standard InChI is InChI=1S/C21H19NO3/c1-13-4-6-15(7-5-13)17-11-16(8-9-20(17)25-3)18-12-22-19(21(23)24)10-14(18)2/h4-12H,1-3H3,(H,23,24). The van der Waals surface area contributed by atoms with Gasteiger partial charge in [0.1, 0.15) is 11.4 Å². The quantitative estimate of drug-likeness (QED) is 0.749. The fourth-order valence-corrected chi connectivity index (χ4v) is 2.81. The number of carboxylic acids is 1. The molecule has 4 nitrogen and oxygen atoms in total. The number of ether oxygens (including phenoxy) is 1. The molecule has 0 amide bonds. The van der Waals surface area contributed by atoms with Crippen molar-refractivity contribution in [1.29, 1.82) is 0 Å². The van der Waals surface area contributed by atoms with Crippen molar-refractivity contribution in [3.05, 3.63) is 71.5 Å². The molecule has 126 valence electrons. The van der Waals surface area contributed by atoms with Gasteiger partial charge >= 0.3 is 5.97 Å². The number of aromatic nitrogens is 1. The zero-order chi connectivity index (χ0) is 18.0. The number of aryl methyl sites for hydroxylation is 2. The Balaban J connectivity index is 2.11. The molecule has 3 aromatic rings. The maximum Gasteiger partial charge on any atom is 0.354 e. The molecule has 2 aromatic carbocycles. The molecule has 0 unspecified atom stereocenters. The normalized spacial score (nSPS) is 10.5. The summed E-state index contributed by atoms with van der Waals surface area (Å²) >= 11 is 0. The van der Waals surface area contributed by atoms with Crippen LogP contribution in [0.5, 0.6) is 5.75 Å². The lowest BCUT2D eigenvalue weighted by molar-refractivity contribution is 0.0690. The first-order valence-corrected chi connectivity index (χ1v) is 7.95. The van der Waals surface area contributed by atoms with Crippen LogP contribution in [-0.4, -0.2) is 23.2 Å². The van der Waals surface area contributed by atoms with E-state index >= 15 is 0 Å². The molecule has 0 aliphatic rings. The molecular formula is C21H19NO3. The first-order valence-electron chi connectivity index (χ1n) is 7.95. The predicted octanol–water partition coefficient (Wildman–Crippen LogP) is 4.74. The third-order valence-electron chi connectivity index (χ3n) is 4.20. The molecule has 0 bridgehead atoms. The van der Waals surface area contributed by atoms with Gasteiger partial charge in [0.15, 0.2) is 0 Å². The lowest BCUT2D eigenvalue weighted by atomic mass is 9.96. The van der Waals surface area contributed by atoms with Crippen molar-refractivity contribution in [2.45, 2.75) is 13.8 Å². The van der Waals surface area contributed by atoms with Crippen molar-refractivity contribution in [3.8, 4) is 28.0 Å². The van der Waals surface area contributed by atoms with Gasteiger partial charge in [0.2, 0.25) is 0 Å². The Hall–Kier alpha value is -3.14. The summed E-state index contributed by atoms with van der Waals surface area (Å²) in [5, 5.41) is 9.08. The molecule has 0 atom stereocenters. The SMILES string of the molecule is COc1ccc(-c2cnc(C(=O)O)cc2C)cc1-c1ccc(C)cc1. The third kappa shape index (κ3) is 3.38. The first kappa shape index (κ1) is 16.7. The monoisotopic (exact) mass is 333 g/mol. The minimum Gasteiger partial charge on any atom is -0.496 e. The highest BCUT2D eigenvalue weighted by Gasteiger charge is 2.12. The second-order valence-corrected chi connectivity index (χ2v) is 5.97. The zero-order valence-electron chi connectivity index (χ0n) is 14.4. The number of rotatable bonds is 4. The zero-order valence-corrected chi connectivity index (χ0v) is 14.4. The van der Waals surface area contributed by atoms with E-state index in [1.165, 1.54) is 5.56 Å². The summed E-state index contributed by atoms with van der Waals surface area (Å²) in [6.07, 6.45) is 1.61. The smallest absolute Gasteiger partial charge is 0.354 e. The number of benzene rings is 2. The predicted molar refractivity (Wildman–Crippen MR) is 98.1 cm³/mol. The molecule has 0 saturated heterocycles. The molecule has 1 N–H and O–H groups in total. The van der Waals surface area contributed by atoms with Gasteiger partial charge in [0.25, 0.3) is 0 Å². The van der Waals surface area contributed by atoms with Crippen LogP contribution in [-0.2, 0) is 0 Å². The number of methoxy groups -OCH3 is 1. The molecule has 0 saturated carbocycles. The summed E-state index contributed by atoms with van der Waals surface area (Å²) in [6, 6.07) is 15.8. The molecule has 25 heavy (non-hydrogen) atoms. The van der Waals surface area contributed by atoms with Crippen LogP contribution in [0.2, 0.25) is 0 Å². The molecule has 0 spiro atoms. The second-order valence-electron chi connectivity index (χ2n) is 5.97. The molecule has 0 fully saturated rings. The molecule has 3 rings (SSSR count). The van der Waals surface area contributed by atoms with E-state index in [1.54, 1.807) is 19.4 Å². The number of carbonyl (C=O) groups is 1. The summed E-state index contributed by atoms with van der Waals surface area (Å²) in [6.45, 7) is 3.94. The number of hydrogen-bond acceptors (Lipinski definition) is 3. The van der Waals surface area contributed by atoms with E-state index < -0.39 is 5.97 Å². The summed E-state index contributed by atoms with van der Waals surface area (Å²) in [5.74, 6) is -0.231. The highest BCUT2D eigenvalue weighted by Crippen LogP contribution is 2.35. The van der Waals surface area contributed by atoms with Crippen LogP contribution in [0.4, 0.5) is 0 Å². The number of nitrogens with zero attached hydrogens (tertiary/aromatic N) is 1. The van der Waals surface area contributed by atoms with Crippen LogP contribution in [0.3, 0.4) is 0 Å². The Morgan fingerprint density at radius 1 is 0.960 bits per heavy atom. The van der Waals surface area contributed by atoms with Gasteiger partial charge in [0, 0.05) is 17.3 Å². The molecule has 0 radical (unpaired) electrons. The van der Waals surface area contributed by atoms with Gasteiger partial charge in [-0.05, 0) is 48.7 Å². The van der Waals surface area contributed by atoms with Crippen molar-refractivity contribution in [2.75, 3.05) is 7.11 Å². The van der Waals surface area contributed by atoms with Gasteiger partial charge in [0.05, 0.1) is 7.11 Å². The third-order valence-corrected chi connectivity index (χ3v) is 4.20. The fraction of sp³-hybridized carbons (Fsp3) is 0.143. The van der Waals surface area contributed by atoms with Crippen molar-refractivity contribution in [2.24, 2.45) is 0 Å². The minimum atomic E-state index is -1.02. The minimum absolute atomic E-state index is 0.0496. The summed E-state index contributed by atoms with van der Waals surface area (Å²) in [5.41, 5.74) is 6.04. The van der Waals surface area contributed by atoms with E-state index in [2.05, 4.69) is 36.2 Å². The van der Waals surface area contributed by atoms with Crippen LogP contribution in [0.25, 0.3) is 22.3 Å². The Kier molecular flexibility index (Phi) is 4.52. The molecule has 0 aliphatic carbocycles. The lowest BCUT2D eigenvalue weighted by Gasteiger charge is -2.13. The molecule has 0 aliphatic heterocycles. The average Bonchev–Trinajstić information content (AvgIpc) is 2.61. The maximum absolute atomic E-state index is 11.1. The van der Waals surface area contributed by atoms with Crippen LogP contribution in [0, 0.1) is 13.8 Å². The summed E-state index contributed by atoms with van der Waals surface area (Å²) < 4.78 is 5.51. The largest absolute Gasteiger partial charge is 0.496 e. The Labute approximate surface area is 146 Å². The van der Waals surface area contributed by atoms with E-state index in [-0.39, 0.29) is 5.69 Å². The summed E-state index contributed by atoms with van der Waals surface area (Å²) in [7, 11) is 1.65. The second kappa shape index (κ2) is 6.77. The number of hydrogen-bond donors (Lipinski definition) is 1. The highest BCUT2D eigenvalue weighted by molar-refractivity contribution is 5.87.